The van der Waals surface area contributed by atoms with Gasteiger partial charge in [-0.2, -0.15) is 0 Å². The molecule has 0 aliphatic carbocycles. The maximum atomic E-state index is 10.9. The second kappa shape index (κ2) is 4.95. The van der Waals surface area contributed by atoms with E-state index in [0.29, 0.717) is 5.57 Å². The van der Waals surface area contributed by atoms with E-state index in [0.717, 1.165) is 11.8 Å². The Morgan fingerprint density at radius 3 is 2.50 bits per heavy atom. The van der Waals surface area contributed by atoms with Gasteiger partial charge >= 0.3 is 5.97 Å². The molecule has 1 atom stereocenters. The average Bonchev–Trinajstić information content (AvgIpc) is 1.98. The van der Waals surface area contributed by atoms with E-state index in [1.54, 1.807) is 6.92 Å². The van der Waals surface area contributed by atoms with Gasteiger partial charge in [-0.3, -0.25) is 9.59 Å². The van der Waals surface area contributed by atoms with Crippen molar-refractivity contribution in [2.75, 3.05) is 5.75 Å². The van der Waals surface area contributed by atoms with Gasteiger partial charge in [-0.25, -0.2) is 0 Å². The lowest BCUT2D eigenvalue weighted by Crippen LogP contribution is -2.32. The van der Waals surface area contributed by atoms with Crippen molar-refractivity contribution in [2.24, 2.45) is 5.73 Å². The number of nitrogens with two attached hydrogens (primary N) is 1. The zero-order valence-electron chi connectivity index (χ0n) is 6.74. The highest BCUT2D eigenvalue weighted by molar-refractivity contribution is 8.14. The molecule has 0 amide bonds. The van der Waals surface area contributed by atoms with Crippen LogP contribution < -0.4 is 5.73 Å². The van der Waals surface area contributed by atoms with Gasteiger partial charge in [0.15, 0.2) is 0 Å². The fourth-order valence-corrected chi connectivity index (χ4v) is 1.08. The van der Waals surface area contributed by atoms with Crippen LogP contribution in [0.15, 0.2) is 12.2 Å². The molecule has 0 aliphatic rings. The molecule has 0 spiro atoms. The Kier molecular flexibility index (Phi) is 4.61. The van der Waals surface area contributed by atoms with Gasteiger partial charge in [0.25, 0.3) is 0 Å². The first-order chi connectivity index (χ1) is 5.45. The van der Waals surface area contributed by atoms with Crippen LogP contribution in [0.1, 0.15) is 6.92 Å². The van der Waals surface area contributed by atoms with Gasteiger partial charge < -0.3 is 10.8 Å². The summed E-state index contributed by atoms with van der Waals surface area (Å²) < 4.78 is 0. The summed E-state index contributed by atoms with van der Waals surface area (Å²) in [6.07, 6.45) is 0. The predicted octanol–water partition coefficient (Wildman–Crippen LogP) is 0.234. The van der Waals surface area contributed by atoms with Crippen molar-refractivity contribution in [1.29, 1.82) is 0 Å². The van der Waals surface area contributed by atoms with Crippen LogP contribution in [0.3, 0.4) is 0 Å². The summed E-state index contributed by atoms with van der Waals surface area (Å²) in [5, 5.41) is 8.15. The predicted molar refractivity (Wildman–Crippen MR) is 47.9 cm³/mol. The number of carbonyl (C=O) groups is 2. The monoisotopic (exact) mass is 189 g/mol. The van der Waals surface area contributed by atoms with E-state index in [4.69, 9.17) is 10.8 Å². The van der Waals surface area contributed by atoms with E-state index in [9.17, 15) is 9.59 Å². The Balaban J connectivity index is 3.76. The molecule has 12 heavy (non-hydrogen) atoms. The molecule has 0 radical (unpaired) electrons. The van der Waals surface area contributed by atoms with E-state index in [1.165, 1.54) is 0 Å². The van der Waals surface area contributed by atoms with Crippen LogP contribution in [0.5, 0.6) is 0 Å². The van der Waals surface area contributed by atoms with E-state index in [2.05, 4.69) is 6.58 Å². The Bertz CT molecular complexity index is 215. The first-order valence-electron chi connectivity index (χ1n) is 3.26. The molecule has 0 aromatic heterocycles. The van der Waals surface area contributed by atoms with E-state index < -0.39 is 12.0 Å². The number of carboxylic acid groups (broad SMARTS) is 1. The number of aliphatic carboxylic acids is 1. The van der Waals surface area contributed by atoms with Crippen molar-refractivity contribution >= 4 is 22.8 Å². The van der Waals surface area contributed by atoms with Gasteiger partial charge in [0.05, 0.1) is 0 Å². The number of hydrogen-bond acceptors (Lipinski definition) is 4. The lowest BCUT2D eigenvalue weighted by Gasteiger charge is -2.03. The van der Waals surface area contributed by atoms with Crippen LogP contribution in [0, 0.1) is 0 Å². The van der Waals surface area contributed by atoms with Crippen molar-refractivity contribution < 1.29 is 14.7 Å². The molecule has 5 heteroatoms. The van der Waals surface area contributed by atoms with Gasteiger partial charge in [0, 0.05) is 5.75 Å². The third-order valence-corrected chi connectivity index (χ3v) is 2.20. The number of carbonyl (C=O) groups excluding carboxylic acids is 1. The molecule has 4 nitrogen and oxygen atoms in total. The molecule has 0 fully saturated rings. The van der Waals surface area contributed by atoms with Crippen LogP contribution in [-0.4, -0.2) is 28.0 Å². The Labute approximate surface area is 74.8 Å². The normalized spacial score (nSPS) is 12.2. The number of hydrogen-bond donors (Lipinski definition) is 2. The first kappa shape index (κ1) is 11.2. The number of carboxylic acids is 1. The molecule has 0 saturated heterocycles. The average molecular weight is 189 g/mol. The maximum Gasteiger partial charge on any atom is 0.321 e. The summed E-state index contributed by atoms with van der Waals surface area (Å²) in [6.45, 7) is 4.99. The minimum Gasteiger partial charge on any atom is -0.480 e. The van der Waals surface area contributed by atoms with E-state index in [-0.39, 0.29) is 10.9 Å². The molecule has 0 aromatic rings. The van der Waals surface area contributed by atoms with Crippen molar-refractivity contribution in [1.82, 2.24) is 0 Å². The van der Waals surface area contributed by atoms with Crippen LogP contribution in [-0.2, 0) is 9.59 Å². The molecule has 0 aromatic carbocycles. The second-order valence-electron chi connectivity index (χ2n) is 2.32. The molecular weight excluding hydrogens is 178 g/mol. The Morgan fingerprint density at radius 1 is 1.67 bits per heavy atom. The van der Waals surface area contributed by atoms with E-state index in [1.807, 2.05) is 0 Å². The van der Waals surface area contributed by atoms with Gasteiger partial charge in [-0.15, -0.1) is 0 Å². The molecule has 1 unspecified atom stereocenters. The molecule has 0 bridgehead atoms. The van der Waals surface area contributed by atoms with Crippen molar-refractivity contribution in [2.45, 2.75) is 13.0 Å². The molecule has 0 aliphatic heterocycles. The standard InChI is InChI=1S/C7H11NO3S/c1-4(2)7(11)12-3-5(8)6(9)10/h5H,1,3,8H2,2H3,(H,9,10). The third-order valence-electron chi connectivity index (χ3n) is 1.06. The molecule has 3 N–H and O–H groups in total. The summed E-state index contributed by atoms with van der Waals surface area (Å²) in [5.41, 5.74) is 5.56. The van der Waals surface area contributed by atoms with Crippen LogP contribution in [0.2, 0.25) is 0 Å². The molecule has 0 heterocycles. The summed E-state index contributed by atoms with van der Waals surface area (Å²) in [5.74, 6) is -1.02. The highest BCUT2D eigenvalue weighted by Gasteiger charge is 2.13. The van der Waals surface area contributed by atoms with Crippen molar-refractivity contribution in [3.05, 3.63) is 12.2 Å². The molecular formula is C7H11NO3S. The molecule has 0 saturated carbocycles. The topological polar surface area (TPSA) is 80.4 Å². The minimum atomic E-state index is -1.10. The maximum absolute atomic E-state index is 10.9. The fourth-order valence-electron chi connectivity index (χ4n) is 0.360. The van der Waals surface area contributed by atoms with Gasteiger partial charge in [-0.1, -0.05) is 18.3 Å². The molecule has 0 rings (SSSR count). The number of rotatable bonds is 4. The largest absolute Gasteiger partial charge is 0.480 e. The highest BCUT2D eigenvalue weighted by atomic mass is 32.2. The quantitative estimate of drug-likeness (QED) is 0.619. The third kappa shape index (κ3) is 4.15. The summed E-state index contributed by atoms with van der Waals surface area (Å²) in [4.78, 5) is 21.1. The Morgan fingerprint density at radius 2 is 2.17 bits per heavy atom. The lowest BCUT2D eigenvalue weighted by molar-refractivity contribution is -0.137. The van der Waals surface area contributed by atoms with Gasteiger partial charge in [-0.05, 0) is 12.5 Å². The lowest BCUT2D eigenvalue weighted by atomic mass is 10.4. The zero-order valence-corrected chi connectivity index (χ0v) is 7.56. The van der Waals surface area contributed by atoms with E-state index >= 15 is 0 Å². The van der Waals surface area contributed by atoms with Crippen LogP contribution in [0.4, 0.5) is 0 Å². The molecule has 68 valence electrons. The SMILES string of the molecule is C=C(C)C(=O)SCC(N)C(=O)O. The summed E-state index contributed by atoms with van der Waals surface area (Å²) >= 11 is 0.877. The zero-order chi connectivity index (χ0) is 9.72. The summed E-state index contributed by atoms with van der Waals surface area (Å²) in [7, 11) is 0. The second-order valence-corrected chi connectivity index (χ2v) is 3.32. The summed E-state index contributed by atoms with van der Waals surface area (Å²) in [6, 6.07) is -0.988. The van der Waals surface area contributed by atoms with Crippen LogP contribution in [0.25, 0.3) is 0 Å². The smallest absolute Gasteiger partial charge is 0.321 e. The highest BCUT2D eigenvalue weighted by Crippen LogP contribution is 2.09. The van der Waals surface area contributed by atoms with Crippen LogP contribution >= 0.6 is 11.8 Å². The van der Waals surface area contributed by atoms with Gasteiger partial charge in [0.2, 0.25) is 5.12 Å². The fraction of sp³-hybridized carbons (Fsp3) is 0.429. The number of thioether (sulfide) groups is 1. The van der Waals surface area contributed by atoms with Crippen molar-refractivity contribution in [3.63, 3.8) is 0 Å². The Hall–Kier alpha value is -0.810. The van der Waals surface area contributed by atoms with Gasteiger partial charge in [0.1, 0.15) is 6.04 Å². The first-order valence-corrected chi connectivity index (χ1v) is 4.24. The minimum absolute atomic E-state index is 0.0844. The van der Waals surface area contributed by atoms with Crippen molar-refractivity contribution in [3.8, 4) is 0 Å².